The Bertz CT molecular complexity index is 326. The molecular weight excluding hydrogens is 284 g/mol. The molecule has 0 amide bonds. The van der Waals surface area contributed by atoms with Crippen molar-refractivity contribution in [2.45, 2.75) is 91.3 Å². The summed E-state index contributed by atoms with van der Waals surface area (Å²) in [6, 6.07) is 0. The van der Waals surface area contributed by atoms with E-state index >= 15 is 0 Å². The van der Waals surface area contributed by atoms with Crippen LogP contribution in [0, 0.1) is 0 Å². The highest BCUT2D eigenvalue weighted by Gasteiger charge is 2.40. The van der Waals surface area contributed by atoms with Gasteiger partial charge in [0, 0.05) is 6.42 Å². The highest BCUT2D eigenvalue weighted by molar-refractivity contribution is 6.74. The van der Waals surface area contributed by atoms with Crippen LogP contribution in [-0.4, -0.2) is 32.8 Å². The van der Waals surface area contributed by atoms with Crippen LogP contribution >= 0.6 is 0 Å². The summed E-state index contributed by atoms with van der Waals surface area (Å²) in [7, 11) is -1.94. The van der Waals surface area contributed by atoms with Crippen molar-refractivity contribution in [1.29, 1.82) is 0 Å². The van der Waals surface area contributed by atoms with Crippen molar-refractivity contribution in [1.82, 2.24) is 0 Å². The summed E-state index contributed by atoms with van der Waals surface area (Å²) in [6.07, 6.45) is 0.488. The third kappa shape index (κ3) is 8.59. The molecule has 1 unspecified atom stereocenters. The minimum absolute atomic E-state index is 0.108. The minimum Gasteiger partial charge on any atom is -0.466 e. The maximum absolute atomic E-state index is 11.6. The van der Waals surface area contributed by atoms with E-state index in [-0.39, 0.29) is 22.9 Å². The molecule has 0 saturated heterocycles. The predicted octanol–water partition coefficient (Wildman–Crippen LogP) is 4.49. The second-order valence-electron chi connectivity index (χ2n) is 7.88. The van der Waals surface area contributed by atoms with Gasteiger partial charge in [-0.2, -0.15) is 0 Å². The molecule has 0 aliphatic rings. The van der Waals surface area contributed by atoms with Gasteiger partial charge in [-0.25, -0.2) is 0 Å². The maximum atomic E-state index is 11.6. The van der Waals surface area contributed by atoms with Gasteiger partial charge >= 0.3 is 5.97 Å². The molecule has 0 bridgehead atoms. The van der Waals surface area contributed by atoms with Gasteiger partial charge in [0.1, 0.15) is 6.29 Å². The lowest BCUT2D eigenvalue weighted by atomic mass is 10.2. The fourth-order valence-electron chi connectivity index (χ4n) is 1.51. The first-order valence-electron chi connectivity index (χ1n) is 7.80. The molecular formula is C16H34O4Si. The van der Waals surface area contributed by atoms with Crippen molar-refractivity contribution < 1.29 is 18.7 Å². The highest BCUT2D eigenvalue weighted by Crippen LogP contribution is 2.38. The average Bonchev–Trinajstić information content (AvgIpc) is 2.22. The van der Waals surface area contributed by atoms with Crippen molar-refractivity contribution in [3.8, 4) is 0 Å². The third-order valence-corrected chi connectivity index (χ3v) is 8.07. The molecule has 21 heavy (non-hydrogen) atoms. The lowest BCUT2D eigenvalue weighted by molar-refractivity contribution is -0.166. The third-order valence-electron chi connectivity index (χ3n) is 3.61. The van der Waals surface area contributed by atoms with E-state index in [0.717, 1.165) is 0 Å². The molecule has 0 fully saturated rings. The Morgan fingerprint density at radius 3 is 2.00 bits per heavy atom. The molecule has 0 aromatic carbocycles. The Morgan fingerprint density at radius 1 is 1.10 bits per heavy atom. The first kappa shape index (κ1) is 20.6. The summed E-state index contributed by atoms with van der Waals surface area (Å²) < 4.78 is 17.3. The zero-order chi connectivity index (χ0) is 16.9. The molecule has 0 saturated carbocycles. The van der Waals surface area contributed by atoms with Gasteiger partial charge in [-0.3, -0.25) is 4.79 Å². The van der Waals surface area contributed by atoms with Gasteiger partial charge in [0.2, 0.25) is 0 Å². The van der Waals surface area contributed by atoms with E-state index < -0.39 is 8.32 Å². The molecule has 0 spiro atoms. The first-order chi connectivity index (χ1) is 9.28. The normalized spacial score (nSPS) is 14.9. The van der Waals surface area contributed by atoms with Gasteiger partial charge in [-0.15, -0.1) is 0 Å². The van der Waals surface area contributed by atoms with Crippen molar-refractivity contribution in [3.63, 3.8) is 0 Å². The molecule has 0 aromatic rings. The summed E-state index contributed by atoms with van der Waals surface area (Å²) in [6.45, 7) is 19.2. The Labute approximate surface area is 131 Å². The SMILES string of the molecule is CCOC(=O)CCC(OC(C)(C)C)O[Si](C)(C)C(C)(C)C. The number of hydrogen-bond donors (Lipinski definition) is 0. The number of carbonyl (C=O) groups excluding carboxylic acids is 1. The van der Waals surface area contributed by atoms with Crippen LogP contribution in [0.15, 0.2) is 0 Å². The van der Waals surface area contributed by atoms with E-state index in [2.05, 4.69) is 33.9 Å². The van der Waals surface area contributed by atoms with Crippen molar-refractivity contribution in [2.75, 3.05) is 6.61 Å². The van der Waals surface area contributed by atoms with Gasteiger partial charge < -0.3 is 13.9 Å². The molecule has 0 radical (unpaired) electrons. The molecule has 0 aliphatic heterocycles. The second-order valence-corrected chi connectivity index (χ2v) is 12.6. The van der Waals surface area contributed by atoms with Gasteiger partial charge in [-0.1, -0.05) is 20.8 Å². The van der Waals surface area contributed by atoms with Gasteiger partial charge in [0.15, 0.2) is 8.32 Å². The summed E-state index contributed by atoms with van der Waals surface area (Å²) in [5.74, 6) is -0.196. The van der Waals surface area contributed by atoms with Crippen LogP contribution in [-0.2, 0) is 18.7 Å². The van der Waals surface area contributed by atoms with Crippen molar-refractivity contribution in [3.05, 3.63) is 0 Å². The van der Waals surface area contributed by atoms with Crippen LogP contribution < -0.4 is 0 Å². The predicted molar refractivity (Wildman–Crippen MR) is 88.8 cm³/mol. The average molecular weight is 319 g/mol. The Balaban J connectivity index is 4.79. The highest BCUT2D eigenvalue weighted by atomic mass is 28.4. The minimum atomic E-state index is -1.94. The fourth-order valence-corrected chi connectivity index (χ4v) is 2.69. The zero-order valence-electron chi connectivity index (χ0n) is 15.3. The van der Waals surface area contributed by atoms with Crippen LogP contribution in [0.5, 0.6) is 0 Å². The van der Waals surface area contributed by atoms with Crippen molar-refractivity contribution in [2.24, 2.45) is 0 Å². The van der Waals surface area contributed by atoms with Crippen LogP contribution in [0.1, 0.15) is 61.3 Å². The van der Waals surface area contributed by atoms with E-state index in [4.69, 9.17) is 13.9 Å². The fraction of sp³-hybridized carbons (Fsp3) is 0.938. The van der Waals surface area contributed by atoms with Crippen LogP contribution in [0.25, 0.3) is 0 Å². The van der Waals surface area contributed by atoms with Gasteiger partial charge in [0.25, 0.3) is 0 Å². The number of carbonyl (C=O) groups is 1. The molecule has 1 atom stereocenters. The monoisotopic (exact) mass is 318 g/mol. The smallest absolute Gasteiger partial charge is 0.305 e. The number of hydrogen-bond acceptors (Lipinski definition) is 4. The number of esters is 1. The topological polar surface area (TPSA) is 44.8 Å². The lowest BCUT2D eigenvalue weighted by Crippen LogP contribution is -2.46. The van der Waals surface area contributed by atoms with Crippen LogP contribution in [0.4, 0.5) is 0 Å². The first-order valence-corrected chi connectivity index (χ1v) is 10.7. The quantitative estimate of drug-likeness (QED) is 0.394. The van der Waals surface area contributed by atoms with Gasteiger partial charge in [0.05, 0.1) is 18.6 Å². The molecule has 0 aromatic heterocycles. The molecule has 0 rings (SSSR count). The van der Waals surface area contributed by atoms with Crippen LogP contribution in [0.2, 0.25) is 18.1 Å². The lowest BCUT2D eigenvalue weighted by Gasteiger charge is -2.40. The Morgan fingerprint density at radius 2 is 1.62 bits per heavy atom. The largest absolute Gasteiger partial charge is 0.466 e. The Hall–Kier alpha value is -0.393. The summed E-state index contributed by atoms with van der Waals surface area (Å²) in [5.41, 5.74) is -0.304. The summed E-state index contributed by atoms with van der Waals surface area (Å²) in [4.78, 5) is 11.6. The zero-order valence-corrected chi connectivity index (χ0v) is 16.3. The standard InChI is InChI=1S/C16H34O4Si/c1-10-18-13(17)11-12-14(19-15(2,3)4)20-21(8,9)16(5,6)7/h14H,10-12H2,1-9H3. The van der Waals surface area contributed by atoms with E-state index in [9.17, 15) is 4.79 Å². The van der Waals surface area contributed by atoms with E-state index in [0.29, 0.717) is 19.4 Å². The summed E-state index contributed by atoms with van der Waals surface area (Å²) in [5, 5.41) is 0.108. The van der Waals surface area contributed by atoms with Crippen LogP contribution in [0.3, 0.4) is 0 Å². The molecule has 126 valence electrons. The number of ether oxygens (including phenoxy) is 2. The second kappa shape index (κ2) is 7.74. The Kier molecular flexibility index (Phi) is 7.60. The van der Waals surface area contributed by atoms with E-state index in [1.165, 1.54) is 0 Å². The summed E-state index contributed by atoms with van der Waals surface area (Å²) >= 11 is 0. The van der Waals surface area contributed by atoms with E-state index in [1.54, 1.807) is 0 Å². The molecule has 0 heterocycles. The van der Waals surface area contributed by atoms with E-state index in [1.807, 2.05) is 27.7 Å². The molecule has 4 nitrogen and oxygen atoms in total. The van der Waals surface area contributed by atoms with Gasteiger partial charge in [-0.05, 0) is 45.8 Å². The molecule has 5 heteroatoms. The number of rotatable bonds is 7. The molecule has 0 N–H and O–H groups in total. The maximum Gasteiger partial charge on any atom is 0.305 e. The molecule has 0 aliphatic carbocycles. The van der Waals surface area contributed by atoms with Crippen molar-refractivity contribution >= 4 is 14.3 Å².